The molecular formula is C14H21ClN2O2S2. The van der Waals surface area contributed by atoms with Crippen molar-refractivity contribution in [2.45, 2.75) is 31.3 Å². The van der Waals surface area contributed by atoms with Crippen molar-refractivity contribution in [3.05, 3.63) is 28.8 Å². The first-order chi connectivity index (χ1) is 9.91. The third-order valence-electron chi connectivity index (χ3n) is 3.30. The topological polar surface area (TPSA) is 49.4 Å². The average molecular weight is 349 g/mol. The molecule has 0 aliphatic carbocycles. The number of rotatable bonds is 5. The maximum atomic E-state index is 12.7. The van der Waals surface area contributed by atoms with Crippen LogP contribution in [0.2, 0.25) is 5.02 Å². The van der Waals surface area contributed by atoms with Gasteiger partial charge >= 0.3 is 0 Å². The van der Waals surface area contributed by atoms with Gasteiger partial charge in [0, 0.05) is 37.2 Å². The first kappa shape index (κ1) is 17.1. The van der Waals surface area contributed by atoms with Gasteiger partial charge in [-0.15, -0.1) is 0 Å². The third-order valence-corrected chi connectivity index (χ3v) is 6.62. The molecule has 4 nitrogen and oxygen atoms in total. The van der Waals surface area contributed by atoms with Crippen LogP contribution in [0.5, 0.6) is 0 Å². The van der Waals surface area contributed by atoms with Gasteiger partial charge in [0.15, 0.2) is 0 Å². The average Bonchev–Trinajstić information content (AvgIpc) is 2.47. The van der Waals surface area contributed by atoms with Crippen LogP contribution in [0.4, 0.5) is 0 Å². The van der Waals surface area contributed by atoms with Gasteiger partial charge in [-0.25, -0.2) is 8.42 Å². The van der Waals surface area contributed by atoms with Crippen LogP contribution >= 0.6 is 23.4 Å². The van der Waals surface area contributed by atoms with Crippen LogP contribution < -0.4 is 5.32 Å². The van der Waals surface area contributed by atoms with E-state index in [1.54, 1.807) is 23.9 Å². The van der Waals surface area contributed by atoms with Crippen molar-refractivity contribution in [1.82, 2.24) is 9.62 Å². The molecule has 0 spiro atoms. The van der Waals surface area contributed by atoms with E-state index >= 15 is 0 Å². The number of hydrogen-bond donors (Lipinski definition) is 1. The summed E-state index contributed by atoms with van der Waals surface area (Å²) in [5, 5.41) is 3.58. The highest BCUT2D eigenvalue weighted by Gasteiger charge is 2.28. The van der Waals surface area contributed by atoms with Crippen molar-refractivity contribution >= 4 is 33.4 Å². The van der Waals surface area contributed by atoms with E-state index in [0.717, 1.165) is 17.1 Å². The SMILES string of the molecule is CC(C)NCc1ccc(Cl)c(S(=O)(=O)N2CCSCC2)c1. The van der Waals surface area contributed by atoms with Gasteiger partial charge in [-0.3, -0.25) is 0 Å². The predicted octanol–water partition coefficient (Wildman–Crippen LogP) is 2.58. The minimum absolute atomic E-state index is 0.221. The molecule has 1 heterocycles. The lowest BCUT2D eigenvalue weighted by Gasteiger charge is -2.26. The summed E-state index contributed by atoms with van der Waals surface area (Å²) in [5.41, 5.74) is 0.929. The van der Waals surface area contributed by atoms with Crippen molar-refractivity contribution in [2.24, 2.45) is 0 Å². The fourth-order valence-corrected chi connectivity index (χ4v) is 5.20. The summed E-state index contributed by atoms with van der Waals surface area (Å²) < 4.78 is 27.0. The van der Waals surface area contributed by atoms with Gasteiger partial charge in [-0.05, 0) is 17.7 Å². The Morgan fingerprint density at radius 3 is 2.62 bits per heavy atom. The van der Waals surface area contributed by atoms with Gasteiger partial charge in [0.05, 0.1) is 5.02 Å². The molecule has 1 aromatic rings. The van der Waals surface area contributed by atoms with Crippen molar-refractivity contribution in [3.63, 3.8) is 0 Å². The molecule has 2 rings (SSSR count). The Hall–Kier alpha value is -0.270. The quantitative estimate of drug-likeness (QED) is 0.888. The van der Waals surface area contributed by atoms with Crippen molar-refractivity contribution in [1.29, 1.82) is 0 Å². The van der Waals surface area contributed by atoms with E-state index in [0.29, 0.717) is 30.7 Å². The summed E-state index contributed by atoms with van der Waals surface area (Å²) in [5.74, 6) is 1.68. The van der Waals surface area contributed by atoms with Crippen LogP contribution in [0.3, 0.4) is 0 Å². The number of benzene rings is 1. The lowest BCUT2D eigenvalue weighted by Crippen LogP contribution is -2.38. The highest BCUT2D eigenvalue weighted by atomic mass is 35.5. The van der Waals surface area contributed by atoms with Crippen LogP contribution in [-0.4, -0.2) is 43.4 Å². The van der Waals surface area contributed by atoms with E-state index in [-0.39, 0.29) is 4.90 Å². The van der Waals surface area contributed by atoms with Crippen LogP contribution in [-0.2, 0) is 16.6 Å². The Morgan fingerprint density at radius 2 is 2.00 bits per heavy atom. The molecule has 1 aliphatic heterocycles. The van der Waals surface area contributed by atoms with Crippen molar-refractivity contribution in [3.8, 4) is 0 Å². The number of sulfonamides is 1. The molecule has 0 amide bonds. The zero-order valence-electron chi connectivity index (χ0n) is 12.3. The molecule has 0 saturated carbocycles. The smallest absolute Gasteiger partial charge is 0.244 e. The van der Waals surface area contributed by atoms with Crippen molar-refractivity contribution < 1.29 is 8.42 Å². The Bertz CT molecular complexity index is 585. The molecule has 0 bridgehead atoms. The lowest BCUT2D eigenvalue weighted by molar-refractivity contribution is 0.443. The highest BCUT2D eigenvalue weighted by Crippen LogP contribution is 2.27. The molecule has 1 aromatic carbocycles. The second-order valence-corrected chi connectivity index (χ2v) is 8.86. The van der Waals surface area contributed by atoms with Crippen LogP contribution in [0.1, 0.15) is 19.4 Å². The second-order valence-electron chi connectivity index (χ2n) is 5.32. The predicted molar refractivity (Wildman–Crippen MR) is 89.5 cm³/mol. The summed E-state index contributed by atoms with van der Waals surface area (Å²) in [6.45, 7) is 5.85. The van der Waals surface area contributed by atoms with Crippen molar-refractivity contribution in [2.75, 3.05) is 24.6 Å². The Kier molecular flexibility index (Phi) is 5.96. The molecular weight excluding hydrogens is 328 g/mol. The Labute approximate surface area is 136 Å². The van der Waals surface area contributed by atoms with Gasteiger partial charge in [-0.1, -0.05) is 31.5 Å². The first-order valence-electron chi connectivity index (χ1n) is 7.01. The number of nitrogens with one attached hydrogen (secondary N) is 1. The third kappa shape index (κ3) is 4.36. The summed E-state index contributed by atoms with van der Waals surface area (Å²) >= 11 is 7.91. The van der Waals surface area contributed by atoms with Gasteiger partial charge in [0.2, 0.25) is 10.0 Å². The standard InChI is InChI=1S/C14H21ClN2O2S2/c1-11(2)16-10-12-3-4-13(15)14(9-12)21(18,19)17-5-7-20-8-6-17/h3-4,9,11,16H,5-8,10H2,1-2H3. The highest BCUT2D eigenvalue weighted by molar-refractivity contribution is 7.99. The Morgan fingerprint density at radius 1 is 1.33 bits per heavy atom. The van der Waals surface area contributed by atoms with E-state index in [4.69, 9.17) is 11.6 Å². The summed E-state index contributed by atoms with van der Waals surface area (Å²) in [4.78, 5) is 0.221. The van der Waals surface area contributed by atoms with E-state index in [1.807, 2.05) is 6.07 Å². The zero-order chi connectivity index (χ0) is 15.5. The van der Waals surface area contributed by atoms with Crippen LogP contribution in [0, 0.1) is 0 Å². The molecule has 0 atom stereocenters. The number of nitrogens with zero attached hydrogens (tertiary/aromatic N) is 1. The summed E-state index contributed by atoms with van der Waals surface area (Å²) in [6.07, 6.45) is 0. The largest absolute Gasteiger partial charge is 0.310 e. The molecule has 118 valence electrons. The van der Waals surface area contributed by atoms with Gasteiger partial charge < -0.3 is 5.32 Å². The molecule has 1 saturated heterocycles. The molecule has 21 heavy (non-hydrogen) atoms. The summed E-state index contributed by atoms with van der Waals surface area (Å²) in [7, 11) is -3.49. The van der Waals surface area contributed by atoms with Crippen LogP contribution in [0.15, 0.2) is 23.1 Å². The van der Waals surface area contributed by atoms with Gasteiger partial charge in [-0.2, -0.15) is 16.1 Å². The molecule has 7 heteroatoms. The molecule has 0 unspecified atom stereocenters. The van der Waals surface area contributed by atoms with Gasteiger partial charge in [0.1, 0.15) is 4.90 Å². The van der Waals surface area contributed by atoms with E-state index in [2.05, 4.69) is 19.2 Å². The minimum Gasteiger partial charge on any atom is -0.310 e. The maximum absolute atomic E-state index is 12.7. The molecule has 1 aliphatic rings. The fourth-order valence-electron chi connectivity index (χ4n) is 2.10. The Balaban J connectivity index is 2.26. The normalized spacial score (nSPS) is 17.3. The summed E-state index contributed by atoms with van der Waals surface area (Å²) in [6, 6.07) is 5.57. The van der Waals surface area contributed by atoms with E-state index in [9.17, 15) is 8.42 Å². The van der Waals surface area contributed by atoms with E-state index in [1.165, 1.54) is 4.31 Å². The zero-order valence-corrected chi connectivity index (χ0v) is 14.7. The number of hydrogen-bond acceptors (Lipinski definition) is 4. The molecule has 1 fully saturated rings. The fraction of sp³-hybridized carbons (Fsp3) is 0.571. The monoisotopic (exact) mass is 348 g/mol. The maximum Gasteiger partial charge on any atom is 0.244 e. The minimum atomic E-state index is -3.49. The van der Waals surface area contributed by atoms with Crippen LogP contribution in [0.25, 0.3) is 0 Å². The molecule has 0 aromatic heterocycles. The number of halogens is 1. The lowest BCUT2D eigenvalue weighted by atomic mass is 10.2. The second kappa shape index (κ2) is 7.33. The van der Waals surface area contributed by atoms with E-state index < -0.39 is 10.0 Å². The molecule has 1 N–H and O–H groups in total. The van der Waals surface area contributed by atoms with Gasteiger partial charge in [0.25, 0.3) is 0 Å². The molecule has 0 radical (unpaired) electrons. The first-order valence-corrected chi connectivity index (χ1v) is 9.98. The number of thioether (sulfide) groups is 1.